The van der Waals surface area contributed by atoms with Crippen LogP contribution in [0.15, 0.2) is 0 Å². The Bertz CT molecular complexity index is 57.8. The summed E-state index contributed by atoms with van der Waals surface area (Å²) in [4.78, 5) is 0. The quantitative estimate of drug-likeness (QED) is 0.224. The van der Waals surface area contributed by atoms with E-state index in [0.717, 1.165) is 0 Å². The molecule has 0 fully saturated rings. The Balaban J connectivity index is -0.00000000800. The molecule has 0 atom stereocenters. The van der Waals surface area contributed by atoms with Gasteiger partial charge in [-0.15, -0.1) is 0 Å². The van der Waals surface area contributed by atoms with Crippen molar-refractivity contribution in [2.24, 2.45) is 0 Å². The number of rotatable bonds is 0. The van der Waals surface area contributed by atoms with Crippen molar-refractivity contribution in [3.63, 3.8) is 0 Å². The summed E-state index contributed by atoms with van der Waals surface area (Å²) in [5.41, 5.74) is 0. The van der Waals surface area contributed by atoms with E-state index in [-0.39, 0.29) is 91.5 Å². The van der Waals surface area contributed by atoms with E-state index in [4.69, 9.17) is 0 Å². The van der Waals surface area contributed by atoms with Gasteiger partial charge in [-0.05, 0) is 0 Å². The van der Waals surface area contributed by atoms with Gasteiger partial charge in [-0.1, -0.05) is 4.32 Å². The summed E-state index contributed by atoms with van der Waals surface area (Å²) in [5, 5.41) is 2.57. The zero-order valence-corrected chi connectivity index (χ0v) is 13.4. The van der Waals surface area contributed by atoms with Gasteiger partial charge in [-0.3, -0.25) is 0 Å². The molecule has 0 heterocycles. The van der Waals surface area contributed by atoms with Gasteiger partial charge in [-0.25, -0.2) is 0 Å². The first-order valence-corrected chi connectivity index (χ1v) is 1.97. The average molecular weight is 177 g/mol. The minimum Gasteiger partial charge on any atom is -1.00 e. The molecule has 0 saturated heterocycles. The molecule has 0 rings (SSSR count). The molecule has 0 aromatic heterocycles. The smallest absolute Gasteiger partial charge is 1.00 e. The first-order chi connectivity index (χ1) is 2.27. The van der Waals surface area contributed by atoms with Gasteiger partial charge in [0, 0.05) is 7.05 Å². The average Bonchev–Trinajstić information content (AvgIpc) is 1.38. The Morgan fingerprint density at radius 1 is 1.50 bits per heavy atom. The SMILES string of the molecule is CNC(=S)[S-].[H-].[H-].[Na+].[Na+].[Na+]. The molecule has 0 bridgehead atoms. The van der Waals surface area contributed by atoms with Crippen molar-refractivity contribution in [1.82, 2.24) is 5.32 Å². The van der Waals surface area contributed by atoms with Gasteiger partial charge in [0.2, 0.25) is 0 Å². The third kappa shape index (κ3) is 22.9. The molecule has 0 aliphatic carbocycles. The maximum atomic E-state index is 4.40. The van der Waals surface area contributed by atoms with E-state index in [1.165, 1.54) is 0 Å². The molecular weight excluding hydrogens is 171 g/mol. The van der Waals surface area contributed by atoms with Crippen molar-refractivity contribution in [3.8, 4) is 0 Å². The molecule has 1 N–H and O–H groups in total. The molecule has 34 valence electrons. The second-order valence-corrected chi connectivity index (χ2v) is 1.61. The van der Waals surface area contributed by atoms with Crippen LogP contribution in [0.5, 0.6) is 0 Å². The van der Waals surface area contributed by atoms with Crippen molar-refractivity contribution >= 4 is 29.2 Å². The molecule has 0 spiro atoms. The van der Waals surface area contributed by atoms with Gasteiger partial charge in [0.1, 0.15) is 0 Å². The normalized spacial score (nSPS) is 4.12. The molecule has 0 aromatic carbocycles. The maximum absolute atomic E-state index is 4.40. The third-order valence-electron chi connectivity index (χ3n) is 0.204. The topological polar surface area (TPSA) is 12.0 Å². The summed E-state index contributed by atoms with van der Waals surface area (Å²) < 4.78 is 0.421. The Labute approximate surface area is 130 Å². The number of nitrogens with one attached hydrogen (secondary N) is 1. The predicted molar refractivity (Wildman–Crippen MR) is 31.2 cm³/mol. The minimum atomic E-state index is 0. The molecule has 1 nitrogen and oxygen atoms in total. The van der Waals surface area contributed by atoms with Crippen LogP contribution in [0.3, 0.4) is 0 Å². The number of thiocarbonyl (C=S) groups is 1. The van der Waals surface area contributed by atoms with Crippen LogP contribution in [-0.2, 0) is 12.6 Å². The zero-order chi connectivity index (χ0) is 4.28. The Hall–Kier alpha value is 3.11. The Kier molecular flexibility index (Phi) is 46.6. The summed E-state index contributed by atoms with van der Waals surface area (Å²) in [5.74, 6) is 0. The van der Waals surface area contributed by atoms with Crippen molar-refractivity contribution < 1.29 is 91.5 Å². The molecule has 0 unspecified atom stereocenters. The second kappa shape index (κ2) is 16.6. The Morgan fingerprint density at radius 3 is 1.62 bits per heavy atom. The van der Waals surface area contributed by atoms with Crippen LogP contribution >= 0.6 is 12.2 Å². The van der Waals surface area contributed by atoms with Gasteiger partial charge in [0.25, 0.3) is 0 Å². The fraction of sp³-hybridized carbons (Fsp3) is 0.500. The molecule has 8 heavy (non-hydrogen) atoms. The monoisotopic (exact) mass is 177 g/mol. The molecule has 0 radical (unpaired) electrons. The fourth-order valence-electron chi connectivity index (χ4n) is 0. The third-order valence-corrected chi connectivity index (χ3v) is 0.612. The molecular formula is C2H6NNa3S2. The van der Waals surface area contributed by atoms with Crippen molar-refractivity contribution in [2.75, 3.05) is 7.05 Å². The van der Waals surface area contributed by atoms with E-state index in [1.54, 1.807) is 7.05 Å². The molecule has 6 heteroatoms. The van der Waals surface area contributed by atoms with Crippen LogP contribution in [0.4, 0.5) is 0 Å². The molecule has 0 amide bonds. The molecule has 0 aliphatic rings. The van der Waals surface area contributed by atoms with Crippen molar-refractivity contribution in [2.45, 2.75) is 0 Å². The van der Waals surface area contributed by atoms with Crippen LogP contribution in [0.2, 0.25) is 0 Å². The van der Waals surface area contributed by atoms with E-state index in [0.29, 0.717) is 4.32 Å². The van der Waals surface area contributed by atoms with Crippen LogP contribution < -0.4 is 94.0 Å². The van der Waals surface area contributed by atoms with E-state index >= 15 is 0 Å². The van der Waals surface area contributed by atoms with Crippen LogP contribution in [0, 0.1) is 0 Å². The zero-order valence-electron chi connectivity index (χ0n) is 7.82. The molecule has 0 aromatic rings. The minimum absolute atomic E-state index is 0. The first kappa shape index (κ1) is 22.5. The van der Waals surface area contributed by atoms with Gasteiger partial charge < -0.3 is 33.0 Å². The number of hydrogen-bond acceptors (Lipinski definition) is 2. The van der Waals surface area contributed by atoms with Crippen LogP contribution in [0.1, 0.15) is 2.85 Å². The summed E-state index contributed by atoms with van der Waals surface area (Å²) in [7, 11) is 1.70. The van der Waals surface area contributed by atoms with E-state index in [9.17, 15) is 0 Å². The number of hydrogen-bond donors (Lipinski definition) is 1. The van der Waals surface area contributed by atoms with E-state index < -0.39 is 0 Å². The summed E-state index contributed by atoms with van der Waals surface area (Å²) in [6.45, 7) is 0. The maximum Gasteiger partial charge on any atom is 1.00 e. The molecule has 0 aliphatic heterocycles. The van der Waals surface area contributed by atoms with Gasteiger partial charge in [0.05, 0.1) is 0 Å². The van der Waals surface area contributed by atoms with Crippen molar-refractivity contribution in [1.29, 1.82) is 0 Å². The predicted octanol–water partition coefficient (Wildman–Crippen LogP) is -8.73. The van der Waals surface area contributed by atoms with Crippen LogP contribution in [0.25, 0.3) is 0 Å². The summed E-state index contributed by atoms with van der Waals surface area (Å²) in [6, 6.07) is 0. The van der Waals surface area contributed by atoms with Gasteiger partial charge >= 0.3 is 88.7 Å². The fourth-order valence-corrected chi connectivity index (χ4v) is 0. The Morgan fingerprint density at radius 2 is 1.62 bits per heavy atom. The second-order valence-electron chi connectivity index (χ2n) is 0.537. The summed E-state index contributed by atoms with van der Waals surface area (Å²) in [6.07, 6.45) is 0. The van der Waals surface area contributed by atoms with Gasteiger partial charge in [0.15, 0.2) is 0 Å². The molecule has 0 saturated carbocycles. The first-order valence-electron chi connectivity index (χ1n) is 1.16. The van der Waals surface area contributed by atoms with Crippen LogP contribution in [-0.4, -0.2) is 11.4 Å². The van der Waals surface area contributed by atoms with E-state index in [1.807, 2.05) is 0 Å². The largest absolute Gasteiger partial charge is 1.00 e. The van der Waals surface area contributed by atoms with Crippen molar-refractivity contribution in [3.05, 3.63) is 0 Å². The van der Waals surface area contributed by atoms with Gasteiger partial charge in [-0.2, -0.15) is 0 Å². The standard InChI is InChI=1S/C2H5NS2.3Na.2H/c1-3-2(4)5;;;;;/h1H3,(H2,3,4,5);;;;;/q;3*+1;2*-1/p-1. The van der Waals surface area contributed by atoms with E-state index in [2.05, 4.69) is 30.2 Å². The summed E-state index contributed by atoms with van der Waals surface area (Å²) >= 11 is 8.80.